The van der Waals surface area contributed by atoms with Crippen LogP contribution in [0.15, 0.2) is 24.5 Å². The average molecular weight is 246 g/mol. The molecule has 2 nitrogen and oxygen atoms in total. The minimum atomic E-state index is 0.346. The Morgan fingerprint density at radius 1 is 1.44 bits per heavy atom. The molecular weight excluding hydrogens is 220 g/mol. The van der Waals surface area contributed by atoms with Crippen LogP contribution in [-0.4, -0.2) is 17.6 Å². The summed E-state index contributed by atoms with van der Waals surface area (Å²) in [7, 11) is 0. The number of hydrogen-bond donors (Lipinski definition) is 1. The molecule has 1 aliphatic carbocycles. The van der Waals surface area contributed by atoms with Gasteiger partial charge in [-0.25, -0.2) is 0 Å². The van der Waals surface area contributed by atoms with Crippen molar-refractivity contribution in [1.82, 2.24) is 10.3 Å². The van der Waals surface area contributed by atoms with Gasteiger partial charge in [-0.05, 0) is 30.4 Å². The molecule has 1 fully saturated rings. The van der Waals surface area contributed by atoms with E-state index in [2.05, 4.69) is 49.4 Å². The molecule has 0 aliphatic heterocycles. The number of nitrogens with zero attached hydrogens (tertiary/aromatic N) is 1. The Labute approximate surface area is 111 Å². The lowest BCUT2D eigenvalue weighted by atomic mass is 9.57. The van der Waals surface area contributed by atoms with Gasteiger partial charge in [-0.2, -0.15) is 0 Å². The molecule has 1 aliphatic rings. The van der Waals surface area contributed by atoms with E-state index in [4.69, 9.17) is 0 Å². The van der Waals surface area contributed by atoms with E-state index in [1.54, 1.807) is 0 Å². The smallest absolute Gasteiger partial charge is 0.0306 e. The van der Waals surface area contributed by atoms with E-state index in [1.165, 1.54) is 31.2 Å². The predicted octanol–water partition coefficient (Wildman–Crippen LogP) is 3.53. The van der Waals surface area contributed by atoms with Gasteiger partial charge >= 0.3 is 0 Å². The molecule has 100 valence electrons. The van der Waals surface area contributed by atoms with Gasteiger partial charge in [-0.1, -0.05) is 39.7 Å². The highest BCUT2D eigenvalue weighted by molar-refractivity contribution is 5.26. The van der Waals surface area contributed by atoms with E-state index < -0.39 is 0 Å². The van der Waals surface area contributed by atoms with E-state index in [9.17, 15) is 0 Å². The van der Waals surface area contributed by atoms with Gasteiger partial charge in [0.05, 0.1) is 0 Å². The summed E-state index contributed by atoms with van der Waals surface area (Å²) < 4.78 is 0. The third-order valence-corrected chi connectivity index (χ3v) is 4.18. The highest BCUT2D eigenvalue weighted by atomic mass is 14.9. The Hall–Kier alpha value is -0.890. The highest BCUT2D eigenvalue weighted by Crippen LogP contribution is 2.49. The van der Waals surface area contributed by atoms with Crippen molar-refractivity contribution >= 4 is 0 Å². The number of nitrogens with one attached hydrogen (secondary N) is 1. The van der Waals surface area contributed by atoms with Gasteiger partial charge in [0.1, 0.15) is 0 Å². The second kappa shape index (κ2) is 5.83. The standard InChI is InChI=1S/C16H26N2/c1-4-6-14-9-16(10-14,12-18-13(2)3)15-7-5-8-17-11-15/h5,7-8,11,13-14,18H,4,6,9-10,12H2,1-3H3. The molecule has 0 unspecified atom stereocenters. The molecule has 1 saturated carbocycles. The van der Waals surface area contributed by atoms with Crippen molar-refractivity contribution in [3.05, 3.63) is 30.1 Å². The Kier molecular flexibility index (Phi) is 4.39. The number of pyridine rings is 1. The lowest BCUT2D eigenvalue weighted by Gasteiger charge is -2.49. The zero-order valence-corrected chi connectivity index (χ0v) is 11.9. The molecule has 18 heavy (non-hydrogen) atoms. The van der Waals surface area contributed by atoms with Crippen LogP contribution < -0.4 is 5.32 Å². The van der Waals surface area contributed by atoms with E-state index in [0.717, 1.165) is 12.5 Å². The van der Waals surface area contributed by atoms with Crippen molar-refractivity contribution < 1.29 is 0 Å². The van der Waals surface area contributed by atoms with Crippen molar-refractivity contribution in [3.8, 4) is 0 Å². The monoisotopic (exact) mass is 246 g/mol. The van der Waals surface area contributed by atoms with Crippen molar-refractivity contribution in [2.24, 2.45) is 5.92 Å². The van der Waals surface area contributed by atoms with Crippen molar-refractivity contribution in [3.63, 3.8) is 0 Å². The third-order valence-electron chi connectivity index (χ3n) is 4.18. The van der Waals surface area contributed by atoms with E-state index in [0.29, 0.717) is 11.5 Å². The summed E-state index contributed by atoms with van der Waals surface area (Å²) in [4.78, 5) is 4.30. The summed E-state index contributed by atoms with van der Waals surface area (Å²) in [5.41, 5.74) is 1.77. The molecule has 2 rings (SSSR count). The maximum atomic E-state index is 4.30. The largest absolute Gasteiger partial charge is 0.314 e. The van der Waals surface area contributed by atoms with Gasteiger partial charge in [0.25, 0.3) is 0 Å². The van der Waals surface area contributed by atoms with Crippen LogP contribution in [0.2, 0.25) is 0 Å². The van der Waals surface area contributed by atoms with Gasteiger partial charge in [0, 0.05) is 30.4 Å². The predicted molar refractivity (Wildman–Crippen MR) is 76.7 cm³/mol. The Morgan fingerprint density at radius 3 is 2.78 bits per heavy atom. The Morgan fingerprint density at radius 2 is 2.22 bits per heavy atom. The lowest BCUT2D eigenvalue weighted by molar-refractivity contribution is 0.126. The van der Waals surface area contributed by atoms with Gasteiger partial charge in [0.15, 0.2) is 0 Å². The van der Waals surface area contributed by atoms with Crippen LogP contribution in [0.25, 0.3) is 0 Å². The van der Waals surface area contributed by atoms with Crippen molar-refractivity contribution in [1.29, 1.82) is 0 Å². The zero-order chi connectivity index (χ0) is 13.0. The maximum absolute atomic E-state index is 4.30. The average Bonchev–Trinajstić information content (AvgIpc) is 2.33. The number of hydrogen-bond acceptors (Lipinski definition) is 2. The van der Waals surface area contributed by atoms with Crippen LogP contribution in [0.4, 0.5) is 0 Å². The SMILES string of the molecule is CCCC1CC(CNC(C)C)(c2cccnc2)C1. The minimum Gasteiger partial charge on any atom is -0.314 e. The fraction of sp³-hybridized carbons (Fsp3) is 0.688. The van der Waals surface area contributed by atoms with E-state index in [-0.39, 0.29) is 0 Å². The van der Waals surface area contributed by atoms with Crippen LogP contribution in [0.3, 0.4) is 0 Å². The molecule has 0 aromatic carbocycles. The molecule has 1 N–H and O–H groups in total. The van der Waals surface area contributed by atoms with Gasteiger partial charge in [0.2, 0.25) is 0 Å². The fourth-order valence-corrected chi connectivity index (χ4v) is 3.22. The molecule has 0 atom stereocenters. The van der Waals surface area contributed by atoms with Crippen molar-refractivity contribution in [2.45, 2.75) is 57.9 Å². The molecule has 0 spiro atoms. The Balaban J connectivity index is 2.06. The van der Waals surface area contributed by atoms with Crippen LogP contribution in [-0.2, 0) is 5.41 Å². The molecule has 0 saturated heterocycles. The first kappa shape index (κ1) is 13.5. The normalized spacial score (nSPS) is 27.2. The van der Waals surface area contributed by atoms with E-state index in [1.807, 2.05) is 6.20 Å². The van der Waals surface area contributed by atoms with Gasteiger partial charge < -0.3 is 5.32 Å². The molecule has 1 heterocycles. The quantitative estimate of drug-likeness (QED) is 0.830. The van der Waals surface area contributed by atoms with Crippen LogP contribution >= 0.6 is 0 Å². The molecule has 0 amide bonds. The number of rotatable bonds is 6. The zero-order valence-electron chi connectivity index (χ0n) is 11.9. The Bertz CT molecular complexity index is 353. The van der Waals surface area contributed by atoms with Crippen LogP contribution in [0.5, 0.6) is 0 Å². The number of aromatic nitrogens is 1. The van der Waals surface area contributed by atoms with Gasteiger partial charge in [-0.15, -0.1) is 0 Å². The second-order valence-electron chi connectivity index (χ2n) is 6.12. The first-order chi connectivity index (χ1) is 8.66. The molecule has 0 radical (unpaired) electrons. The summed E-state index contributed by atoms with van der Waals surface area (Å²) >= 11 is 0. The van der Waals surface area contributed by atoms with E-state index >= 15 is 0 Å². The van der Waals surface area contributed by atoms with Crippen LogP contribution in [0, 0.1) is 5.92 Å². The minimum absolute atomic E-state index is 0.346. The molecule has 1 aromatic rings. The molecular formula is C16H26N2. The topological polar surface area (TPSA) is 24.9 Å². The highest BCUT2D eigenvalue weighted by Gasteiger charge is 2.44. The lowest BCUT2D eigenvalue weighted by Crippen LogP contribution is -2.49. The summed E-state index contributed by atoms with van der Waals surface area (Å²) in [6.07, 6.45) is 9.27. The molecule has 0 bridgehead atoms. The second-order valence-corrected chi connectivity index (χ2v) is 6.12. The van der Waals surface area contributed by atoms with Crippen LogP contribution in [0.1, 0.15) is 52.0 Å². The third kappa shape index (κ3) is 2.92. The maximum Gasteiger partial charge on any atom is 0.0306 e. The van der Waals surface area contributed by atoms with Gasteiger partial charge in [-0.3, -0.25) is 4.98 Å². The fourth-order valence-electron chi connectivity index (χ4n) is 3.22. The first-order valence-corrected chi connectivity index (χ1v) is 7.30. The summed E-state index contributed by atoms with van der Waals surface area (Å²) in [5.74, 6) is 0.921. The van der Waals surface area contributed by atoms with Crippen molar-refractivity contribution in [2.75, 3.05) is 6.54 Å². The summed E-state index contributed by atoms with van der Waals surface area (Å²) in [5, 5.41) is 3.62. The molecule has 2 heteroatoms. The first-order valence-electron chi connectivity index (χ1n) is 7.30. The summed E-state index contributed by atoms with van der Waals surface area (Å²) in [6, 6.07) is 4.88. The summed E-state index contributed by atoms with van der Waals surface area (Å²) in [6.45, 7) is 7.82. The molecule has 1 aromatic heterocycles.